The summed E-state index contributed by atoms with van der Waals surface area (Å²) in [5.41, 5.74) is 5.18. The highest BCUT2D eigenvalue weighted by molar-refractivity contribution is 7.92. The van der Waals surface area contributed by atoms with Gasteiger partial charge in [0.1, 0.15) is 12.3 Å². The number of ether oxygens (including phenoxy) is 1. The van der Waals surface area contributed by atoms with Crippen molar-refractivity contribution >= 4 is 39.4 Å². The highest BCUT2D eigenvalue weighted by Gasteiger charge is 2.20. The van der Waals surface area contributed by atoms with Crippen molar-refractivity contribution < 1.29 is 22.7 Å². The van der Waals surface area contributed by atoms with E-state index >= 15 is 0 Å². The van der Waals surface area contributed by atoms with E-state index < -0.39 is 22.5 Å². The molecule has 2 N–H and O–H groups in total. The van der Waals surface area contributed by atoms with Crippen LogP contribution in [0.25, 0.3) is 0 Å². The standard InChI is InChI=1S/C27H30N4O5S/c1-20(2)22-11-13-24(14-12-22)31(37(3,34)35)18-26(32)30-28-17-21-9-15-25(16-10-21)36-19-27(33)29-23-7-5-4-6-8-23/h4-17,20H,18-19H2,1-3H3,(H,29,33)(H,30,32)/b28-17-. The first-order valence-electron chi connectivity index (χ1n) is 11.6. The summed E-state index contributed by atoms with van der Waals surface area (Å²) in [5.74, 6) is -0.0626. The SMILES string of the molecule is CC(C)c1ccc(N(CC(=O)N/N=C\c2ccc(OCC(=O)Nc3ccccc3)cc2)S(C)(=O)=O)cc1. The van der Waals surface area contributed by atoms with E-state index in [0.29, 0.717) is 28.6 Å². The number of anilines is 2. The van der Waals surface area contributed by atoms with Gasteiger partial charge in [0, 0.05) is 5.69 Å². The molecule has 2 amide bonds. The van der Waals surface area contributed by atoms with Gasteiger partial charge in [-0.25, -0.2) is 13.8 Å². The molecule has 0 atom stereocenters. The molecule has 3 aromatic rings. The molecule has 0 heterocycles. The highest BCUT2D eigenvalue weighted by Crippen LogP contribution is 2.21. The summed E-state index contributed by atoms with van der Waals surface area (Å²) < 4.78 is 31.1. The second-order valence-electron chi connectivity index (χ2n) is 8.58. The van der Waals surface area contributed by atoms with Gasteiger partial charge >= 0.3 is 0 Å². The Morgan fingerprint density at radius 1 is 0.946 bits per heavy atom. The largest absolute Gasteiger partial charge is 0.484 e. The summed E-state index contributed by atoms with van der Waals surface area (Å²) in [4.78, 5) is 24.4. The molecule has 10 heteroatoms. The molecule has 0 unspecified atom stereocenters. The molecule has 0 aromatic heterocycles. The van der Waals surface area contributed by atoms with Gasteiger partial charge in [-0.2, -0.15) is 5.10 Å². The molecule has 0 saturated carbocycles. The number of hydrazone groups is 1. The predicted octanol–water partition coefficient (Wildman–Crippen LogP) is 3.74. The minimum Gasteiger partial charge on any atom is -0.484 e. The molecule has 0 radical (unpaired) electrons. The Hall–Kier alpha value is -4.18. The average molecular weight is 523 g/mol. The number of nitrogens with zero attached hydrogens (tertiary/aromatic N) is 2. The molecule has 3 aromatic carbocycles. The van der Waals surface area contributed by atoms with Crippen molar-refractivity contribution in [2.45, 2.75) is 19.8 Å². The molecule has 194 valence electrons. The maximum atomic E-state index is 12.4. The fraction of sp³-hybridized carbons (Fsp3) is 0.222. The van der Waals surface area contributed by atoms with Crippen LogP contribution in [0.4, 0.5) is 11.4 Å². The van der Waals surface area contributed by atoms with Crippen molar-refractivity contribution in [2.75, 3.05) is 29.0 Å². The third kappa shape index (κ3) is 8.76. The van der Waals surface area contributed by atoms with Gasteiger partial charge in [0.2, 0.25) is 10.0 Å². The fourth-order valence-electron chi connectivity index (χ4n) is 3.29. The molecule has 0 bridgehead atoms. The Morgan fingerprint density at radius 3 is 2.19 bits per heavy atom. The second-order valence-corrected chi connectivity index (χ2v) is 10.5. The molecule has 0 fully saturated rings. The van der Waals surface area contributed by atoms with E-state index in [1.54, 1.807) is 48.5 Å². The smallest absolute Gasteiger partial charge is 0.262 e. The van der Waals surface area contributed by atoms with Crippen LogP contribution in [0.5, 0.6) is 5.75 Å². The molecule has 0 aliphatic rings. The fourth-order valence-corrected chi connectivity index (χ4v) is 4.14. The van der Waals surface area contributed by atoms with Gasteiger partial charge < -0.3 is 10.1 Å². The summed E-state index contributed by atoms with van der Waals surface area (Å²) >= 11 is 0. The average Bonchev–Trinajstić information content (AvgIpc) is 2.87. The number of sulfonamides is 1. The zero-order chi connectivity index (χ0) is 26.8. The van der Waals surface area contributed by atoms with Gasteiger partial charge in [-0.15, -0.1) is 0 Å². The van der Waals surface area contributed by atoms with Crippen molar-refractivity contribution in [1.82, 2.24) is 5.43 Å². The minimum absolute atomic E-state index is 0.143. The van der Waals surface area contributed by atoms with Crippen LogP contribution in [-0.2, 0) is 19.6 Å². The monoisotopic (exact) mass is 522 g/mol. The Morgan fingerprint density at radius 2 is 1.59 bits per heavy atom. The van der Waals surface area contributed by atoms with Gasteiger partial charge in [-0.3, -0.25) is 13.9 Å². The van der Waals surface area contributed by atoms with E-state index in [4.69, 9.17) is 4.74 Å². The number of rotatable bonds is 11. The third-order valence-corrected chi connectivity index (χ3v) is 6.39. The first kappa shape index (κ1) is 27.4. The Kier molecular flexibility index (Phi) is 9.39. The second kappa shape index (κ2) is 12.7. The van der Waals surface area contributed by atoms with Crippen LogP contribution in [0.3, 0.4) is 0 Å². The van der Waals surface area contributed by atoms with E-state index in [0.717, 1.165) is 16.1 Å². The number of nitrogens with one attached hydrogen (secondary N) is 2. The maximum absolute atomic E-state index is 12.4. The lowest BCUT2D eigenvalue weighted by Crippen LogP contribution is -2.39. The van der Waals surface area contributed by atoms with Crippen molar-refractivity contribution in [2.24, 2.45) is 5.10 Å². The number of hydrogen-bond acceptors (Lipinski definition) is 6. The Bertz CT molecular complexity index is 1320. The van der Waals surface area contributed by atoms with Crippen molar-refractivity contribution in [3.63, 3.8) is 0 Å². The lowest BCUT2D eigenvalue weighted by Gasteiger charge is -2.21. The molecule has 0 aliphatic carbocycles. The van der Waals surface area contributed by atoms with Crippen LogP contribution in [0.2, 0.25) is 0 Å². The molecule has 0 saturated heterocycles. The van der Waals surface area contributed by atoms with Crippen LogP contribution in [0.15, 0.2) is 84.0 Å². The van der Waals surface area contributed by atoms with Gasteiger partial charge in [0.05, 0.1) is 18.2 Å². The van der Waals surface area contributed by atoms with Gasteiger partial charge in [-0.1, -0.05) is 44.2 Å². The van der Waals surface area contributed by atoms with Gasteiger partial charge in [0.15, 0.2) is 6.61 Å². The third-order valence-electron chi connectivity index (χ3n) is 5.25. The van der Waals surface area contributed by atoms with E-state index in [9.17, 15) is 18.0 Å². The van der Waals surface area contributed by atoms with Gasteiger partial charge in [0.25, 0.3) is 11.8 Å². The highest BCUT2D eigenvalue weighted by atomic mass is 32.2. The zero-order valence-electron chi connectivity index (χ0n) is 20.9. The molecule has 0 spiro atoms. The van der Waals surface area contributed by atoms with Crippen LogP contribution in [0.1, 0.15) is 30.9 Å². The van der Waals surface area contributed by atoms with Crippen LogP contribution >= 0.6 is 0 Å². The molecule has 0 aliphatic heterocycles. The van der Waals surface area contributed by atoms with Crippen LogP contribution in [0, 0.1) is 0 Å². The van der Waals surface area contributed by atoms with E-state index in [1.165, 1.54) is 6.21 Å². The summed E-state index contributed by atoms with van der Waals surface area (Å²) in [6.45, 7) is 3.53. The van der Waals surface area contributed by atoms with E-state index in [2.05, 4.69) is 15.8 Å². The Balaban J connectivity index is 1.50. The zero-order valence-corrected chi connectivity index (χ0v) is 21.7. The molecular formula is C27H30N4O5S. The van der Waals surface area contributed by atoms with Crippen molar-refractivity contribution in [1.29, 1.82) is 0 Å². The quantitative estimate of drug-likeness (QED) is 0.294. The molecular weight excluding hydrogens is 492 g/mol. The number of carbonyl (C=O) groups is 2. The number of para-hydroxylation sites is 1. The Labute approximate surface area is 217 Å². The van der Waals surface area contributed by atoms with E-state index in [-0.39, 0.29) is 12.5 Å². The van der Waals surface area contributed by atoms with Crippen LogP contribution < -0.4 is 19.8 Å². The summed E-state index contributed by atoms with van der Waals surface area (Å²) in [5, 5.41) is 6.64. The minimum atomic E-state index is -3.68. The molecule has 9 nitrogen and oxygen atoms in total. The number of carbonyl (C=O) groups excluding carboxylic acids is 2. The van der Waals surface area contributed by atoms with E-state index in [1.807, 2.05) is 44.2 Å². The topological polar surface area (TPSA) is 117 Å². The number of amides is 2. The maximum Gasteiger partial charge on any atom is 0.262 e. The number of benzene rings is 3. The first-order valence-corrected chi connectivity index (χ1v) is 13.4. The lowest BCUT2D eigenvalue weighted by molar-refractivity contribution is -0.119. The summed E-state index contributed by atoms with van der Waals surface area (Å²) in [6.07, 6.45) is 2.47. The summed E-state index contributed by atoms with van der Waals surface area (Å²) in [6, 6.07) is 22.9. The lowest BCUT2D eigenvalue weighted by atomic mass is 10.0. The normalized spacial score (nSPS) is 11.4. The first-order chi connectivity index (χ1) is 17.6. The summed E-state index contributed by atoms with van der Waals surface area (Å²) in [7, 11) is -3.68. The van der Waals surface area contributed by atoms with Crippen LogP contribution in [-0.4, -0.2) is 45.9 Å². The van der Waals surface area contributed by atoms with Crippen molar-refractivity contribution in [3.05, 3.63) is 90.0 Å². The number of hydrogen-bond donors (Lipinski definition) is 2. The van der Waals surface area contributed by atoms with Gasteiger partial charge in [-0.05, 0) is 65.6 Å². The molecule has 3 rings (SSSR count). The predicted molar refractivity (Wildman–Crippen MR) is 145 cm³/mol. The van der Waals surface area contributed by atoms with Crippen molar-refractivity contribution in [3.8, 4) is 5.75 Å². The molecule has 37 heavy (non-hydrogen) atoms.